The van der Waals surface area contributed by atoms with Crippen molar-refractivity contribution >= 4 is 11.9 Å². The van der Waals surface area contributed by atoms with E-state index in [0.717, 1.165) is 24.8 Å². The van der Waals surface area contributed by atoms with Crippen LogP contribution >= 0.6 is 0 Å². The van der Waals surface area contributed by atoms with Gasteiger partial charge in [-0.25, -0.2) is 0 Å². The molecule has 6 aliphatic rings. The first kappa shape index (κ1) is 16.8. The van der Waals surface area contributed by atoms with Gasteiger partial charge >= 0.3 is 11.9 Å². The van der Waals surface area contributed by atoms with Crippen LogP contribution in [0.1, 0.15) is 45.4 Å². The lowest BCUT2D eigenvalue weighted by molar-refractivity contribution is -0.335. The largest absolute Gasteiger partial charge is 0.481 e. The Bertz CT molecular complexity index is 732. The molecule has 6 heteroatoms. The maximum absolute atomic E-state index is 12.5. The molecule has 0 aromatic heterocycles. The number of aliphatic carboxylic acids is 2. The third-order valence-electron chi connectivity index (χ3n) is 9.07. The summed E-state index contributed by atoms with van der Waals surface area (Å²) in [4.78, 5) is 24.9. The van der Waals surface area contributed by atoms with Gasteiger partial charge in [0.25, 0.3) is 0 Å². The van der Waals surface area contributed by atoms with Crippen molar-refractivity contribution in [2.75, 3.05) is 0 Å². The van der Waals surface area contributed by atoms with Crippen LogP contribution in [0.3, 0.4) is 0 Å². The molecule has 3 N–H and O–H groups in total. The monoisotopic (exact) mass is 362 g/mol. The van der Waals surface area contributed by atoms with Crippen molar-refractivity contribution in [2.45, 2.75) is 57.8 Å². The smallest absolute Gasteiger partial charge is 0.312 e. The Morgan fingerprint density at radius 3 is 2.58 bits per heavy atom. The lowest BCUT2D eigenvalue weighted by Crippen LogP contribution is -2.68. The molecule has 4 saturated carbocycles. The summed E-state index contributed by atoms with van der Waals surface area (Å²) in [6.07, 6.45) is 2.69. The predicted molar refractivity (Wildman–Crippen MR) is 89.9 cm³/mol. The van der Waals surface area contributed by atoms with Crippen LogP contribution in [-0.4, -0.2) is 39.7 Å². The first-order chi connectivity index (χ1) is 12.2. The van der Waals surface area contributed by atoms with Crippen molar-refractivity contribution in [1.29, 1.82) is 0 Å². The Balaban J connectivity index is 1.78. The Morgan fingerprint density at radius 1 is 1.23 bits per heavy atom. The second-order valence-electron chi connectivity index (χ2n) is 9.61. The summed E-state index contributed by atoms with van der Waals surface area (Å²) in [7, 11) is 0. The molecule has 3 unspecified atom stereocenters. The number of allylic oxidation sites excluding steroid dienone is 1. The number of hydrogen-bond acceptors (Lipinski definition) is 4. The van der Waals surface area contributed by atoms with Gasteiger partial charge in [0.1, 0.15) is 0 Å². The molecule has 26 heavy (non-hydrogen) atoms. The number of carboxylic acids is 2. The number of rotatable bonds is 2. The summed E-state index contributed by atoms with van der Waals surface area (Å²) in [5.74, 6) is -2.99. The maximum atomic E-state index is 12.5. The third kappa shape index (κ3) is 1.51. The van der Waals surface area contributed by atoms with Gasteiger partial charge in [-0.15, -0.1) is 0 Å². The second-order valence-corrected chi connectivity index (χ2v) is 9.61. The SMILES string of the molecule is C=C1C[C@]23C[C@H]1CCC2[C@@]12CC[C@H](OC1O)[C@@](C)(C(=O)O)C2[C@@H]3C(=O)O. The number of aliphatic hydroxyl groups excluding tert-OH is 1. The van der Waals surface area contributed by atoms with Crippen molar-refractivity contribution in [1.82, 2.24) is 0 Å². The molecule has 2 heterocycles. The molecular formula is C20H26O6. The van der Waals surface area contributed by atoms with Gasteiger partial charge in [0.15, 0.2) is 6.29 Å². The summed E-state index contributed by atoms with van der Waals surface area (Å²) in [6.45, 7) is 5.86. The molecule has 0 aromatic rings. The number of fused-ring (bicyclic) bond motifs is 3. The molecule has 6 fully saturated rings. The first-order valence-electron chi connectivity index (χ1n) is 9.67. The van der Waals surface area contributed by atoms with E-state index in [4.69, 9.17) is 4.74 Å². The Morgan fingerprint density at radius 2 is 1.96 bits per heavy atom. The predicted octanol–water partition coefficient (Wildman–Crippen LogP) is 2.27. The fourth-order valence-electron chi connectivity index (χ4n) is 8.30. The lowest BCUT2D eigenvalue weighted by atomic mass is 9.49. The molecular weight excluding hydrogens is 336 g/mol. The quantitative estimate of drug-likeness (QED) is 0.651. The summed E-state index contributed by atoms with van der Waals surface area (Å²) in [6, 6.07) is 0. The molecule has 6 nitrogen and oxygen atoms in total. The fourth-order valence-corrected chi connectivity index (χ4v) is 8.30. The highest BCUT2D eigenvalue weighted by Gasteiger charge is 2.82. The molecule has 6 rings (SSSR count). The van der Waals surface area contributed by atoms with Gasteiger partial charge in [0.05, 0.1) is 17.4 Å². The van der Waals surface area contributed by atoms with Crippen molar-refractivity contribution in [3.8, 4) is 0 Å². The zero-order chi connectivity index (χ0) is 18.6. The minimum atomic E-state index is -1.29. The summed E-state index contributed by atoms with van der Waals surface area (Å²) in [5, 5.41) is 31.4. The molecule has 142 valence electrons. The van der Waals surface area contributed by atoms with Gasteiger partial charge in [-0.2, -0.15) is 0 Å². The molecule has 0 amide bonds. The Hall–Kier alpha value is -1.40. The third-order valence-corrected chi connectivity index (χ3v) is 9.07. The second kappa shape index (κ2) is 4.71. The fraction of sp³-hybridized carbons (Fsp3) is 0.800. The van der Waals surface area contributed by atoms with Crippen molar-refractivity contribution in [3.63, 3.8) is 0 Å². The van der Waals surface area contributed by atoms with Gasteiger partial charge in [-0.05, 0) is 62.7 Å². The molecule has 4 bridgehead atoms. The normalized spacial score (nSPS) is 56.9. The molecule has 2 spiro atoms. The van der Waals surface area contributed by atoms with E-state index in [1.54, 1.807) is 6.92 Å². The van der Waals surface area contributed by atoms with E-state index >= 15 is 0 Å². The minimum absolute atomic E-state index is 0.0217. The van der Waals surface area contributed by atoms with Gasteiger partial charge in [0, 0.05) is 11.3 Å². The summed E-state index contributed by atoms with van der Waals surface area (Å²) in [5.41, 5.74) is -1.45. The van der Waals surface area contributed by atoms with Crippen LogP contribution in [0, 0.1) is 39.9 Å². The van der Waals surface area contributed by atoms with Crippen LogP contribution in [0.5, 0.6) is 0 Å². The van der Waals surface area contributed by atoms with E-state index in [1.165, 1.54) is 0 Å². The van der Waals surface area contributed by atoms with Crippen LogP contribution in [0.2, 0.25) is 0 Å². The molecule has 2 saturated heterocycles. The number of aliphatic hydroxyl groups is 1. The van der Waals surface area contributed by atoms with E-state index in [-0.39, 0.29) is 5.92 Å². The van der Waals surface area contributed by atoms with Gasteiger partial charge in [-0.3, -0.25) is 9.59 Å². The summed E-state index contributed by atoms with van der Waals surface area (Å²) >= 11 is 0. The highest BCUT2D eigenvalue weighted by atomic mass is 16.6. The highest BCUT2D eigenvalue weighted by Crippen LogP contribution is 2.80. The average molecular weight is 362 g/mol. The first-order valence-corrected chi connectivity index (χ1v) is 9.67. The van der Waals surface area contributed by atoms with E-state index in [9.17, 15) is 24.9 Å². The van der Waals surface area contributed by atoms with E-state index < -0.39 is 52.4 Å². The van der Waals surface area contributed by atoms with Crippen LogP contribution in [-0.2, 0) is 14.3 Å². The van der Waals surface area contributed by atoms with E-state index in [0.29, 0.717) is 25.2 Å². The van der Waals surface area contributed by atoms with Gasteiger partial charge in [0.2, 0.25) is 0 Å². The zero-order valence-corrected chi connectivity index (χ0v) is 15.0. The number of hydrogen-bond donors (Lipinski definition) is 3. The van der Waals surface area contributed by atoms with E-state index in [1.807, 2.05) is 0 Å². The van der Waals surface area contributed by atoms with Gasteiger partial charge < -0.3 is 20.1 Å². The summed E-state index contributed by atoms with van der Waals surface area (Å²) < 4.78 is 5.83. The van der Waals surface area contributed by atoms with Crippen molar-refractivity contribution in [3.05, 3.63) is 12.2 Å². The topological polar surface area (TPSA) is 104 Å². The Labute approximate surface area is 152 Å². The number of carbonyl (C=O) groups is 2. The van der Waals surface area contributed by atoms with E-state index in [2.05, 4.69) is 6.58 Å². The van der Waals surface area contributed by atoms with Crippen LogP contribution < -0.4 is 0 Å². The van der Waals surface area contributed by atoms with Crippen LogP contribution in [0.25, 0.3) is 0 Å². The number of ether oxygens (including phenoxy) is 1. The maximum Gasteiger partial charge on any atom is 0.312 e. The molecule has 0 aromatic carbocycles. The molecule has 0 radical (unpaired) electrons. The average Bonchev–Trinajstić information content (AvgIpc) is 2.98. The molecule has 4 aliphatic carbocycles. The highest BCUT2D eigenvalue weighted by molar-refractivity contribution is 5.80. The van der Waals surface area contributed by atoms with Crippen LogP contribution in [0.15, 0.2) is 12.2 Å². The minimum Gasteiger partial charge on any atom is -0.481 e. The molecule has 9 atom stereocenters. The Kier molecular flexibility index (Phi) is 3.03. The van der Waals surface area contributed by atoms with Gasteiger partial charge in [-0.1, -0.05) is 12.2 Å². The molecule has 2 aliphatic heterocycles. The lowest BCUT2D eigenvalue weighted by Gasteiger charge is -2.61. The van der Waals surface area contributed by atoms with Crippen molar-refractivity contribution < 1.29 is 29.6 Å². The van der Waals surface area contributed by atoms with Crippen LogP contribution in [0.4, 0.5) is 0 Å². The zero-order valence-electron chi connectivity index (χ0n) is 15.0. The number of carboxylic acid groups (broad SMARTS) is 2. The standard InChI is InChI=1S/C20H26O6/c1-9-7-19-8-10(9)3-4-11(19)20-6-5-12(26-17(20)25)18(2,16(23)24)14(20)13(19)15(21)22/h10-14,17,25H,1,3-8H2,2H3,(H,21,22)(H,23,24)/t10-,11?,12+,13-,14?,17?,18-,19+,20-/m1/s1. The van der Waals surface area contributed by atoms with Crippen molar-refractivity contribution in [2.24, 2.45) is 39.9 Å².